The Hall–Kier alpha value is -2.74. The molecular weight excluding hydrogens is 577 g/mol. The molecule has 1 heterocycles. The fourth-order valence-corrected chi connectivity index (χ4v) is 7.28. The van der Waals surface area contributed by atoms with Crippen molar-refractivity contribution in [3.63, 3.8) is 0 Å². The summed E-state index contributed by atoms with van der Waals surface area (Å²) in [6.45, 7) is 14.3. The highest BCUT2D eigenvalue weighted by Gasteiger charge is 2.44. The molecule has 0 aromatic heterocycles. The van der Waals surface area contributed by atoms with Gasteiger partial charge in [0.05, 0.1) is 37.1 Å². The van der Waals surface area contributed by atoms with Gasteiger partial charge in [-0.1, -0.05) is 48.5 Å². The van der Waals surface area contributed by atoms with Gasteiger partial charge in [0.2, 0.25) is 0 Å². The summed E-state index contributed by atoms with van der Waals surface area (Å²) < 4.78 is 49.5. The Morgan fingerprint density at radius 1 is 0.909 bits per heavy atom. The van der Waals surface area contributed by atoms with Gasteiger partial charge in [0.1, 0.15) is 17.9 Å². The summed E-state index contributed by atoms with van der Waals surface area (Å²) in [6, 6.07) is 22.6. The van der Waals surface area contributed by atoms with Crippen LogP contribution in [-0.4, -0.2) is 43.0 Å². The molecular formula is C35H46NO7P. The van der Waals surface area contributed by atoms with E-state index in [9.17, 15) is 4.57 Å². The van der Waals surface area contributed by atoms with Crippen LogP contribution in [0.25, 0.3) is 10.8 Å². The first-order chi connectivity index (χ1) is 20.7. The third-order valence-corrected chi connectivity index (χ3v) is 9.42. The first-order valence-electron chi connectivity index (χ1n) is 15.4. The minimum Gasteiger partial charge on any atom is -0.490 e. The Labute approximate surface area is 261 Å². The van der Waals surface area contributed by atoms with Crippen molar-refractivity contribution in [3.05, 3.63) is 77.9 Å². The standard InChI is InChI=1S/C35H46NO7P/c1-25-36-35(23-39-25,24-40-44(37,42-33(2,3)4)43-34(5,6)7)30-15-13-29-20-31(16-14-28(29)19-30)41-32-17-27(18-32)22-38-21-26-11-9-8-10-12-26/h8-16,19-20,27,32H,17-18,21-24H2,1-7H3. The van der Waals surface area contributed by atoms with Crippen LogP contribution in [-0.2, 0) is 39.8 Å². The zero-order valence-electron chi connectivity index (χ0n) is 27.0. The highest BCUT2D eigenvalue weighted by Crippen LogP contribution is 2.56. The molecule has 1 saturated carbocycles. The fourth-order valence-electron chi connectivity index (χ4n) is 5.43. The molecule has 44 heavy (non-hydrogen) atoms. The molecule has 8 nitrogen and oxygen atoms in total. The van der Waals surface area contributed by atoms with E-state index in [1.165, 1.54) is 5.56 Å². The Kier molecular flexibility index (Phi) is 9.60. The minimum absolute atomic E-state index is 0.0294. The zero-order valence-corrected chi connectivity index (χ0v) is 27.9. The van der Waals surface area contributed by atoms with E-state index in [0.717, 1.165) is 41.5 Å². The fraction of sp³-hybridized carbons (Fsp3) is 0.514. The average molecular weight is 624 g/mol. The number of hydrogen-bond acceptors (Lipinski definition) is 8. The molecule has 1 aliphatic carbocycles. The Morgan fingerprint density at radius 2 is 1.57 bits per heavy atom. The molecule has 3 aromatic carbocycles. The van der Waals surface area contributed by atoms with E-state index in [2.05, 4.69) is 36.4 Å². The van der Waals surface area contributed by atoms with Gasteiger partial charge in [-0.15, -0.1) is 0 Å². The van der Waals surface area contributed by atoms with Gasteiger partial charge in [-0.2, -0.15) is 0 Å². The topological polar surface area (TPSA) is 84.8 Å². The zero-order chi connectivity index (χ0) is 31.6. The quantitative estimate of drug-likeness (QED) is 0.187. The SMILES string of the molecule is CC1=NC(COP(=O)(OC(C)(C)C)OC(C)(C)C)(c2ccc3cc(OC4CC(COCc5ccccc5)C4)ccc3c2)CO1. The second-order valence-electron chi connectivity index (χ2n) is 13.9. The summed E-state index contributed by atoms with van der Waals surface area (Å²) in [5.41, 5.74) is -0.276. The maximum atomic E-state index is 13.8. The van der Waals surface area contributed by atoms with Gasteiger partial charge < -0.3 is 14.2 Å². The van der Waals surface area contributed by atoms with Crippen LogP contribution in [0.4, 0.5) is 0 Å². The van der Waals surface area contributed by atoms with Crippen LogP contribution in [0.3, 0.4) is 0 Å². The minimum atomic E-state index is -3.94. The van der Waals surface area contributed by atoms with Gasteiger partial charge in [0.25, 0.3) is 0 Å². The lowest BCUT2D eigenvalue weighted by molar-refractivity contribution is -0.00446. The van der Waals surface area contributed by atoms with Crippen molar-refractivity contribution < 1.29 is 32.3 Å². The molecule has 9 heteroatoms. The Balaban J connectivity index is 1.23. The number of fused-ring (bicyclic) bond motifs is 1. The maximum Gasteiger partial charge on any atom is 0.475 e. The largest absolute Gasteiger partial charge is 0.490 e. The van der Waals surface area contributed by atoms with Crippen molar-refractivity contribution in [2.45, 2.75) is 90.8 Å². The average Bonchev–Trinajstić information content (AvgIpc) is 3.30. The van der Waals surface area contributed by atoms with Crippen molar-refractivity contribution in [1.29, 1.82) is 0 Å². The van der Waals surface area contributed by atoms with Crippen molar-refractivity contribution in [1.82, 2.24) is 0 Å². The summed E-state index contributed by atoms with van der Waals surface area (Å²) >= 11 is 0. The molecule has 3 aromatic rings. The van der Waals surface area contributed by atoms with Crippen molar-refractivity contribution in [2.24, 2.45) is 10.9 Å². The van der Waals surface area contributed by atoms with Crippen LogP contribution >= 0.6 is 7.82 Å². The predicted molar refractivity (Wildman–Crippen MR) is 173 cm³/mol. The van der Waals surface area contributed by atoms with Gasteiger partial charge in [0, 0.05) is 6.92 Å². The van der Waals surface area contributed by atoms with E-state index in [0.29, 0.717) is 18.4 Å². The van der Waals surface area contributed by atoms with Crippen LogP contribution < -0.4 is 4.74 Å². The van der Waals surface area contributed by atoms with Crippen LogP contribution in [0.5, 0.6) is 5.75 Å². The van der Waals surface area contributed by atoms with Gasteiger partial charge >= 0.3 is 7.82 Å². The number of hydrogen-bond donors (Lipinski definition) is 0. The summed E-state index contributed by atoms with van der Waals surface area (Å²) in [4.78, 5) is 4.82. The lowest BCUT2D eigenvalue weighted by Gasteiger charge is -2.35. The van der Waals surface area contributed by atoms with E-state index in [-0.39, 0.29) is 19.3 Å². The van der Waals surface area contributed by atoms with E-state index < -0.39 is 24.6 Å². The van der Waals surface area contributed by atoms with E-state index in [1.807, 2.05) is 78.8 Å². The third-order valence-electron chi connectivity index (χ3n) is 7.43. The van der Waals surface area contributed by atoms with Gasteiger partial charge in [0.15, 0.2) is 5.90 Å². The number of phosphoric ester groups is 1. The normalized spacial score (nSPS) is 22.4. The molecule has 2 aliphatic rings. The van der Waals surface area contributed by atoms with Crippen molar-refractivity contribution in [3.8, 4) is 5.75 Å². The van der Waals surface area contributed by atoms with Crippen LogP contribution in [0, 0.1) is 5.92 Å². The summed E-state index contributed by atoms with van der Waals surface area (Å²) in [5, 5.41) is 2.09. The molecule has 1 fully saturated rings. The lowest BCUT2D eigenvalue weighted by Crippen LogP contribution is -2.36. The maximum absolute atomic E-state index is 13.8. The molecule has 5 rings (SSSR count). The molecule has 0 N–H and O–H groups in total. The van der Waals surface area contributed by atoms with E-state index in [4.69, 9.17) is 32.8 Å². The van der Waals surface area contributed by atoms with E-state index >= 15 is 0 Å². The summed E-state index contributed by atoms with van der Waals surface area (Å²) in [5.74, 6) is 1.93. The second-order valence-corrected chi connectivity index (χ2v) is 15.4. The number of rotatable bonds is 12. The monoisotopic (exact) mass is 623 g/mol. The number of phosphoric acid groups is 1. The molecule has 0 spiro atoms. The van der Waals surface area contributed by atoms with Gasteiger partial charge in [-0.05, 0) is 100 Å². The molecule has 0 bridgehead atoms. The number of aliphatic imine (C=N–C) groups is 1. The molecule has 0 saturated heterocycles. The highest BCUT2D eigenvalue weighted by atomic mass is 31.2. The summed E-state index contributed by atoms with van der Waals surface area (Å²) in [7, 11) is -3.94. The van der Waals surface area contributed by atoms with Crippen LogP contribution in [0.15, 0.2) is 71.7 Å². The van der Waals surface area contributed by atoms with Crippen LogP contribution in [0.2, 0.25) is 0 Å². The van der Waals surface area contributed by atoms with E-state index in [1.54, 1.807) is 0 Å². The van der Waals surface area contributed by atoms with Gasteiger partial charge in [-0.3, -0.25) is 13.6 Å². The predicted octanol–water partition coefficient (Wildman–Crippen LogP) is 8.61. The highest BCUT2D eigenvalue weighted by molar-refractivity contribution is 7.48. The number of nitrogens with zero attached hydrogens (tertiary/aromatic N) is 1. The molecule has 1 atom stereocenters. The number of benzene rings is 3. The Morgan fingerprint density at radius 3 is 2.20 bits per heavy atom. The second kappa shape index (κ2) is 12.9. The van der Waals surface area contributed by atoms with Crippen LogP contribution in [0.1, 0.15) is 72.4 Å². The molecule has 238 valence electrons. The summed E-state index contributed by atoms with van der Waals surface area (Å²) in [6.07, 6.45) is 2.19. The van der Waals surface area contributed by atoms with Crippen molar-refractivity contribution >= 4 is 24.5 Å². The molecule has 0 amide bonds. The Bertz CT molecular complexity index is 1480. The van der Waals surface area contributed by atoms with Gasteiger partial charge in [-0.25, -0.2) is 9.56 Å². The number of ether oxygens (including phenoxy) is 3. The molecule has 1 unspecified atom stereocenters. The molecule has 1 aliphatic heterocycles. The lowest BCUT2D eigenvalue weighted by atomic mass is 9.83. The first kappa shape index (κ1) is 32.6. The third kappa shape index (κ3) is 8.70. The first-order valence-corrected chi connectivity index (χ1v) is 16.8. The smallest absolute Gasteiger partial charge is 0.475 e. The molecule has 0 radical (unpaired) electrons. The van der Waals surface area contributed by atoms with Crippen molar-refractivity contribution in [2.75, 3.05) is 19.8 Å².